The first kappa shape index (κ1) is 23.8. The molecule has 0 radical (unpaired) electrons. The molecule has 1 aromatic carbocycles. The monoisotopic (exact) mass is 450 g/mol. The van der Waals surface area contributed by atoms with Gasteiger partial charge in [-0.15, -0.1) is 0 Å². The minimum Gasteiger partial charge on any atom is -0.352 e. The highest BCUT2D eigenvalue weighted by Crippen LogP contribution is 2.29. The lowest BCUT2D eigenvalue weighted by molar-refractivity contribution is -0.125. The van der Waals surface area contributed by atoms with Crippen LogP contribution in [0.1, 0.15) is 56.2 Å². The molecule has 3 rings (SSSR count). The van der Waals surface area contributed by atoms with Crippen molar-refractivity contribution in [1.29, 1.82) is 0 Å². The van der Waals surface area contributed by atoms with E-state index >= 15 is 0 Å². The second-order valence-electron chi connectivity index (χ2n) is 9.07. The van der Waals surface area contributed by atoms with E-state index in [-0.39, 0.29) is 12.2 Å². The third-order valence-corrected chi connectivity index (χ3v) is 5.56. The molecule has 1 atom stereocenters. The highest BCUT2D eigenvalue weighted by molar-refractivity contribution is 5.98. The van der Waals surface area contributed by atoms with Crippen molar-refractivity contribution in [2.24, 2.45) is 5.41 Å². The largest absolute Gasteiger partial charge is 0.352 e. The fourth-order valence-corrected chi connectivity index (χ4v) is 3.90. The van der Waals surface area contributed by atoms with E-state index in [4.69, 9.17) is 0 Å². The van der Waals surface area contributed by atoms with Crippen molar-refractivity contribution in [2.75, 3.05) is 13.2 Å². The van der Waals surface area contributed by atoms with E-state index in [0.29, 0.717) is 30.0 Å². The summed E-state index contributed by atoms with van der Waals surface area (Å²) in [5.74, 6) is -2.56. The third-order valence-electron chi connectivity index (χ3n) is 5.56. The molecule has 0 aliphatic carbocycles. The number of nitrogens with zero attached hydrogens (tertiary/aromatic N) is 2. The van der Waals surface area contributed by atoms with Gasteiger partial charge in [-0.05, 0) is 42.9 Å². The summed E-state index contributed by atoms with van der Waals surface area (Å²) >= 11 is 0. The Morgan fingerprint density at radius 1 is 1.16 bits per heavy atom. The lowest BCUT2D eigenvalue weighted by atomic mass is 9.86. The Morgan fingerprint density at radius 3 is 2.56 bits per heavy atom. The molecule has 1 aliphatic rings. The van der Waals surface area contributed by atoms with Gasteiger partial charge in [-0.25, -0.2) is 18.2 Å². The molecule has 32 heavy (non-hydrogen) atoms. The second kappa shape index (κ2) is 9.75. The summed E-state index contributed by atoms with van der Waals surface area (Å²) in [6.45, 7) is 5.15. The van der Waals surface area contributed by atoms with Crippen molar-refractivity contribution >= 4 is 11.8 Å². The molecule has 174 valence electrons. The summed E-state index contributed by atoms with van der Waals surface area (Å²) in [6.07, 6.45) is 3.31. The second-order valence-corrected chi connectivity index (χ2v) is 9.07. The third kappa shape index (κ3) is 5.14. The molecule has 2 aromatic rings. The van der Waals surface area contributed by atoms with Gasteiger partial charge < -0.3 is 15.2 Å². The number of carbonyl (C=O) groups is 2. The Bertz CT molecular complexity index is 998. The van der Waals surface area contributed by atoms with Gasteiger partial charge in [-0.2, -0.15) is 0 Å². The molecule has 6 nitrogen and oxygen atoms in total. The van der Waals surface area contributed by atoms with Crippen LogP contribution in [-0.4, -0.2) is 40.6 Å². The van der Waals surface area contributed by atoms with E-state index in [0.717, 1.165) is 31.4 Å². The molecular formula is C23H29F3N4O2. The summed E-state index contributed by atoms with van der Waals surface area (Å²) in [4.78, 5) is 30.3. The van der Waals surface area contributed by atoms with Gasteiger partial charge >= 0.3 is 0 Å². The van der Waals surface area contributed by atoms with Gasteiger partial charge in [0, 0.05) is 18.7 Å². The molecule has 0 unspecified atom stereocenters. The van der Waals surface area contributed by atoms with Crippen molar-refractivity contribution in [2.45, 2.75) is 59.0 Å². The maximum Gasteiger partial charge on any atom is 0.272 e. The lowest BCUT2D eigenvalue weighted by Crippen LogP contribution is -2.54. The van der Waals surface area contributed by atoms with Gasteiger partial charge in [0.25, 0.3) is 5.91 Å². The van der Waals surface area contributed by atoms with Crippen LogP contribution in [0.2, 0.25) is 0 Å². The van der Waals surface area contributed by atoms with Crippen LogP contribution in [0.15, 0.2) is 18.2 Å². The number of fused-ring (bicyclic) bond motifs is 1. The molecule has 0 spiro atoms. The van der Waals surface area contributed by atoms with E-state index < -0.39 is 41.6 Å². The zero-order valence-corrected chi connectivity index (χ0v) is 18.6. The average Bonchev–Trinajstić information content (AvgIpc) is 2.92. The molecular weight excluding hydrogens is 421 g/mol. The first-order valence-corrected chi connectivity index (χ1v) is 10.8. The van der Waals surface area contributed by atoms with E-state index in [1.165, 1.54) is 6.07 Å². The summed E-state index contributed by atoms with van der Waals surface area (Å²) in [7, 11) is 0. The highest BCUT2D eigenvalue weighted by atomic mass is 19.2. The zero-order valence-electron chi connectivity index (χ0n) is 18.6. The fourth-order valence-electron chi connectivity index (χ4n) is 3.90. The SMILES string of the molecule is CC(C)(C)[C@H](NC(=O)c1nc(-c2ccc(F)c(F)c2)n2c1CCCCC2)C(=O)NCCF. The standard InChI is InChI=1S/C23H29F3N4O2/c1-23(2,3)19(22(32)27-11-10-24)29-21(31)18-17-7-5-4-6-12-30(17)20(28-18)14-8-9-15(25)16(26)13-14/h8-9,13,19H,4-7,10-12H2,1-3H3,(H,27,32)(H,29,31)/t19-/m1/s1. The normalized spacial score (nSPS) is 14.9. The molecule has 0 saturated heterocycles. The molecule has 0 saturated carbocycles. The molecule has 9 heteroatoms. The zero-order chi connectivity index (χ0) is 23.5. The van der Waals surface area contributed by atoms with Crippen LogP contribution in [0, 0.1) is 17.0 Å². The maximum absolute atomic E-state index is 13.9. The summed E-state index contributed by atoms with van der Waals surface area (Å²) in [5.41, 5.74) is 0.616. The minimum atomic E-state index is -0.989. The van der Waals surface area contributed by atoms with E-state index in [2.05, 4.69) is 15.6 Å². The lowest BCUT2D eigenvalue weighted by Gasteiger charge is -2.30. The first-order valence-electron chi connectivity index (χ1n) is 10.8. The smallest absolute Gasteiger partial charge is 0.272 e. The Morgan fingerprint density at radius 2 is 1.91 bits per heavy atom. The van der Waals surface area contributed by atoms with Gasteiger partial charge in [0.15, 0.2) is 11.6 Å². The number of alkyl halides is 1. The van der Waals surface area contributed by atoms with Crippen molar-refractivity contribution in [1.82, 2.24) is 20.2 Å². The number of hydrogen-bond donors (Lipinski definition) is 2. The van der Waals surface area contributed by atoms with Crippen molar-refractivity contribution in [3.8, 4) is 11.4 Å². The summed E-state index contributed by atoms with van der Waals surface area (Å²) in [5, 5.41) is 5.23. The van der Waals surface area contributed by atoms with Crippen LogP contribution in [0.5, 0.6) is 0 Å². The number of hydrogen-bond acceptors (Lipinski definition) is 3. The van der Waals surface area contributed by atoms with Crippen molar-refractivity contribution in [3.63, 3.8) is 0 Å². The Kier molecular flexibility index (Phi) is 7.26. The van der Waals surface area contributed by atoms with Gasteiger partial charge in [0.1, 0.15) is 24.2 Å². The molecule has 1 aliphatic heterocycles. The Labute approximate surface area is 185 Å². The summed E-state index contributed by atoms with van der Waals surface area (Å²) < 4.78 is 41.7. The van der Waals surface area contributed by atoms with E-state index in [1.54, 1.807) is 20.8 Å². The number of amides is 2. The number of halogens is 3. The number of imidazole rings is 1. The summed E-state index contributed by atoms with van der Waals surface area (Å²) in [6, 6.07) is 2.63. The predicted octanol–water partition coefficient (Wildman–Crippen LogP) is 3.78. The number of nitrogens with one attached hydrogen (secondary N) is 2. The van der Waals surface area contributed by atoms with Gasteiger partial charge in [-0.3, -0.25) is 9.59 Å². The predicted molar refractivity (Wildman–Crippen MR) is 115 cm³/mol. The van der Waals surface area contributed by atoms with Crippen LogP contribution in [0.25, 0.3) is 11.4 Å². The molecule has 2 N–H and O–H groups in total. The van der Waals surface area contributed by atoms with Gasteiger partial charge in [0.2, 0.25) is 5.91 Å². The minimum absolute atomic E-state index is 0.137. The fraction of sp³-hybridized carbons (Fsp3) is 0.522. The molecule has 2 heterocycles. The number of carbonyl (C=O) groups excluding carboxylic acids is 2. The highest BCUT2D eigenvalue weighted by Gasteiger charge is 2.34. The van der Waals surface area contributed by atoms with E-state index in [1.807, 2.05) is 4.57 Å². The maximum atomic E-state index is 13.9. The van der Waals surface area contributed by atoms with Crippen molar-refractivity contribution in [3.05, 3.63) is 41.2 Å². The van der Waals surface area contributed by atoms with Crippen LogP contribution in [0.3, 0.4) is 0 Å². The average molecular weight is 451 g/mol. The topological polar surface area (TPSA) is 76.0 Å². The number of benzene rings is 1. The molecule has 0 bridgehead atoms. The van der Waals surface area contributed by atoms with Crippen LogP contribution in [-0.2, 0) is 17.8 Å². The Hall–Kier alpha value is -2.84. The number of rotatable bonds is 6. The molecule has 0 fully saturated rings. The van der Waals surface area contributed by atoms with Crippen LogP contribution in [0.4, 0.5) is 13.2 Å². The van der Waals surface area contributed by atoms with Gasteiger partial charge in [-0.1, -0.05) is 27.2 Å². The molecule has 1 aromatic heterocycles. The van der Waals surface area contributed by atoms with E-state index in [9.17, 15) is 22.8 Å². The number of aromatic nitrogens is 2. The Balaban J connectivity index is 1.99. The van der Waals surface area contributed by atoms with Crippen LogP contribution >= 0.6 is 0 Å². The first-order chi connectivity index (χ1) is 15.1. The van der Waals surface area contributed by atoms with Crippen molar-refractivity contribution < 1.29 is 22.8 Å². The quantitative estimate of drug-likeness (QED) is 0.703. The van der Waals surface area contributed by atoms with Crippen LogP contribution < -0.4 is 10.6 Å². The van der Waals surface area contributed by atoms with Gasteiger partial charge in [0.05, 0.1) is 5.69 Å². The molecule has 2 amide bonds.